The Hall–Kier alpha value is -1.44. The number of amides is 1. The van der Waals surface area contributed by atoms with Crippen LogP contribution in [0.4, 0.5) is 0 Å². The van der Waals surface area contributed by atoms with E-state index in [1.807, 2.05) is 48.5 Å². The largest absolute Gasteiger partial charge is 0.316 e. The van der Waals surface area contributed by atoms with Crippen LogP contribution in [-0.4, -0.2) is 10.5 Å². The highest BCUT2D eigenvalue weighted by Gasteiger charge is 2.14. The second kappa shape index (κ2) is 7.85. The maximum atomic E-state index is 12.6. The third-order valence-electron chi connectivity index (χ3n) is 3.81. The number of carbonyl (C=O) groups is 1. The van der Waals surface area contributed by atoms with Gasteiger partial charge in [-0.1, -0.05) is 35.9 Å². The Kier molecular flexibility index (Phi) is 5.76. The molecule has 0 saturated carbocycles. The zero-order valence-corrected chi connectivity index (χ0v) is 17.5. The molecule has 6 heteroatoms. The van der Waals surface area contributed by atoms with Crippen LogP contribution in [0.2, 0.25) is 5.02 Å². The number of aromatic nitrogens is 1. The molecule has 0 radical (unpaired) electrons. The molecule has 25 heavy (non-hydrogen) atoms. The molecule has 0 spiro atoms. The van der Waals surface area contributed by atoms with Gasteiger partial charge >= 0.3 is 0 Å². The first kappa shape index (κ1) is 18.4. The van der Waals surface area contributed by atoms with Crippen LogP contribution in [0.15, 0.2) is 53.5 Å². The normalized spacial score (nSPS) is 11.8. The molecule has 1 amide bonds. The van der Waals surface area contributed by atoms with E-state index < -0.39 is 0 Å². The summed E-state index contributed by atoms with van der Waals surface area (Å²) in [5, 5.41) is 0.707. The summed E-state index contributed by atoms with van der Waals surface area (Å²) in [4.78, 5) is 18.8. The molecule has 3 aromatic rings. The summed E-state index contributed by atoms with van der Waals surface area (Å²) in [6.45, 7) is 4.85. The summed E-state index contributed by atoms with van der Waals surface area (Å²) in [5.41, 5.74) is 2.78. The lowest BCUT2D eigenvalue weighted by Gasteiger charge is -2.07. The molecule has 3 rings (SSSR count). The number of nitrogens with zero attached hydrogens (tertiary/aromatic N) is 2. The van der Waals surface area contributed by atoms with Crippen LogP contribution in [0.5, 0.6) is 0 Å². The lowest BCUT2D eigenvalue weighted by molar-refractivity contribution is 0.0997. The van der Waals surface area contributed by atoms with Crippen molar-refractivity contribution in [3.63, 3.8) is 0 Å². The SMILES string of the molecule is CCn1c(-c2ccc(Cl)cc2)c(C)sc1=NC(=O)c1ccccc1I. The second-order valence-corrected chi connectivity index (χ2v) is 8.22. The van der Waals surface area contributed by atoms with Gasteiger partial charge in [0.2, 0.25) is 0 Å². The first-order chi connectivity index (χ1) is 12.0. The third-order valence-corrected chi connectivity index (χ3v) is 6.00. The van der Waals surface area contributed by atoms with E-state index in [1.54, 1.807) is 0 Å². The fourth-order valence-corrected chi connectivity index (χ4v) is 4.45. The van der Waals surface area contributed by atoms with Crippen molar-refractivity contribution in [1.82, 2.24) is 4.57 Å². The van der Waals surface area contributed by atoms with E-state index >= 15 is 0 Å². The van der Waals surface area contributed by atoms with E-state index in [4.69, 9.17) is 11.6 Å². The first-order valence-corrected chi connectivity index (χ1v) is 10.1. The number of rotatable bonds is 3. The van der Waals surface area contributed by atoms with Crippen LogP contribution >= 0.6 is 45.5 Å². The Labute approximate surface area is 169 Å². The molecular formula is C19H16ClIN2OS. The molecule has 128 valence electrons. The van der Waals surface area contributed by atoms with Gasteiger partial charge in [-0.25, -0.2) is 0 Å². The van der Waals surface area contributed by atoms with Crippen LogP contribution in [0, 0.1) is 10.5 Å². The quantitative estimate of drug-likeness (QED) is 0.451. The molecule has 0 N–H and O–H groups in total. The standard InChI is InChI=1S/C19H16ClIN2OS/c1-3-23-17(13-8-10-14(20)11-9-13)12(2)25-19(23)22-18(24)15-6-4-5-7-16(15)21/h4-11H,3H2,1-2H3. The molecule has 0 fully saturated rings. The minimum Gasteiger partial charge on any atom is -0.316 e. The number of carbonyl (C=O) groups excluding carboxylic acids is 1. The predicted octanol–water partition coefficient (Wildman–Crippen LogP) is 5.54. The summed E-state index contributed by atoms with van der Waals surface area (Å²) < 4.78 is 2.99. The van der Waals surface area contributed by atoms with E-state index in [9.17, 15) is 4.79 Å². The van der Waals surface area contributed by atoms with Crippen molar-refractivity contribution in [3.05, 3.63) is 72.4 Å². The van der Waals surface area contributed by atoms with E-state index in [-0.39, 0.29) is 5.91 Å². The van der Waals surface area contributed by atoms with Gasteiger partial charge in [0.25, 0.3) is 5.91 Å². The van der Waals surface area contributed by atoms with Gasteiger partial charge in [0, 0.05) is 20.0 Å². The molecule has 0 aliphatic heterocycles. The summed E-state index contributed by atoms with van der Waals surface area (Å²) in [5.74, 6) is -0.212. The molecular weight excluding hydrogens is 467 g/mol. The van der Waals surface area contributed by atoms with Crippen molar-refractivity contribution in [2.75, 3.05) is 0 Å². The van der Waals surface area contributed by atoms with Gasteiger partial charge in [0.15, 0.2) is 4.80 Å². The van der Waals surface area contributed by atoms with E-state index in [2.05, 4.69) is 46.0 Å². The van der Waals surface area contributed by atoms with Crippen LogP contribution < -0.4 is 4.80 Å². The monoisotopic (exact) mass is 482 g/mol. The first-order valence-electron chi connectivity index (χ1n) is 7.81. The molecule has 0 bridgehead atoms. The number of hydrogen-bond acceptors (Lipinski definition) is 2. The molecule has 2 aromatic carbocycles. The van der Waals surface area contributed by atoms with Gasteiger partial charge in [0.1, 0.15) is 0 Å². The molecule has 1 heterocycles. The summed E-state index contributed by atoms with van der Waals surface area (Å²) in [6, 6.07) is 15.2. The fraction of sp³-hybridized carbons (Fsp3) is 0.158. The van der Waals surface area contributed by atoms with Gasteiger partial charge in [-0.2, -0.15) is 4.99 Å². The number of benzene rings is 2. The molecule has 0 saturated heterocycles. The molecule has 1 aromatic heterocycles. The number of aryl methyl sites for hydroxylation is 1. The smallest absolute Gasteiger partial charge is 0.280 e. The van der Waals surface area contributed by atoms with E-state index in [1.165, 1.54) is 11.3 Å². The molecule has 0 aliphatic rings. The zero-order chi connectivity index (χ0) is 18.0. The maximum absolute atomic E-state index is 12.6. The Morgan fingerprint density at radius 1 is 1.20 bits per heavy atom. The highest BCUT2D eigenvalue weighted by Crippen LogP contribution is 2.26. The van der Waals surface area contributed by atoms with Crippen molar-refractivity contribution < 1.29 is 4.79 Å². The second-order valence-electron chi connectivity index (χ2n) is 5.44. The average Bonchev–Trinajstić information content (AvgIpc) is 2.91. The molecule has 0 unspecified atom stereocenters. The van der Waals surface area contributed by atoms with Crippen molar-refractivity contribution in [2.45, 2.75) is 20.4 Å². The number of thiazole rings is 1. The van der Waals surface area contributed by atoms with Crippen molar-refractivity contribution in [2.24, 2.45) is 4.99 Å². The van der Waals surface area contributed by atoms with Gasteiger partial charge in [-0.15, -0.1) is 11.3 Å². The Morgan fingerprint density at radius 2 is 1.88 bits per heavy atom. The van der Waals surface area contributed by atoms with Gasteiger partial charge < -0.3 is 4.57 Å². The van der Waals surface area contributed by atoms with Crippen LogP contribution in [-0.2, 0) is 6.54 Å². The van der Waals surface area contributed by atoms with Gasteiger partial charge in [-0.05, 0) is 66.3 Å². The van der Waals surface area contributed by atoms with Crippen molar-refractivity contribution >= 4 is 51.4 Å². The van der Waals surface area contributed by atoms with Gasteiger partial charge in [-0.3, -0.25) is 4.79 Å². The van der Waals surface area contributed by atoms with E-state index in [0.29, 0.717) is 10.6 Å². The number of halogens is 2. The minimum absolute atomic E-state index is 0.212. The maximum Gasteiger partial charge on any atom is 0.280 e. The molecule has 0 aliphatic carbocycles. The average molecular weight is 483 g/mol. The minimum atomic E-state index is -0.212. The third kappa shape index (κ3) is 3.88. The van der Waals surface area contributed by atoms with Crippen LogP contribution in [0.25, 0.3) is 11.3 Å². The molecule has 3 nitrogen and oxygen atoms in total. The summed E-state index contributed by atoms with van der Waals surface area (Å²) >= 11 is 9.70. The predicted molar refractivity (Wildman–Crippen MR) is 112 cm³/mol. The Bertz CT molecular complexity index is 989. The lowest BCUT2D eigenvalue weighted by Crippen LogP contribution is -2.17. The van der Waals surface area contributed by atoms with Crippen LogP contribution in [0.3, 0.4) is 0 Å². The van der Waals surface area contributed by atoms with Crippen LogP contribution in [0.1, 0.15) is 22.2 Å². The topological polar surface area (TPSA) is 34.4 Å². The summed E-state index contributed by atoms with van der Waals surface area (Å²) in [6.07, 6.45) is 0. The zero-order valence-electron chi connectivity index (χ0n) is 13.8. The highest BCUT2D eigenvalue weighted by molar-refractivity contribution is 14.1. The summed E-state index contributed by atoms with van der Waals surface area (Å²) in [7, 11) is 0. The molecule has 0 atom stereocenters. The Balaban J connectivity index is 2.12. The van der Waals surface area contributed by atoms with Crippen molar-refractivity contribution in [3.8, 4) is 11.3 Å². The van der Waals surface area contributed by atoms with Crippen molar-refractivity contribution in [1.29, 1.82) is 0 Å². The van der Waals surface area contributed by atoms with E-state index in [0.717, 1.165) is 31.1 Å². The number of hydrogen-bond donors (Lipinski definition) is 0. The Morgan fingerprint density at radius 3 is 2.52 bits per heavy atom. The van der Waals surface area contributed by atoms with Gasteiger partial charge in [0.05, 0.1) is 11.3 Å². The fourth-order valence-electron chi connectivity index (χ4n) is 2.65. The highest BCUT2D eigenvalue weighted by atomic mass is 127. The lowest BCUT2D eigenvalue weighted by atomic mass is 10.1.